The van der Waals surface area contributed by atoms with Gasteiger partial charge in [-0.05, 0) is 53.9 Å². The lowest BCUT2D eigenvalue weighted by Gasteiger charge is -2.12. The van der Waals surface area contributed by atoms with E-state index < -0.39 is 0 Å². The summed E-state index contributed by atoms with van der Waals surface area (Å²) in [6, 6.07) is 18.0. The molecule has 0 aliphatic heterocycles. The van der Waals surface area contributed by atoms with Gasteiger partial charge in [-0.1, -0.05) is 47.5 Å². The van der Waals surface area contributed by atoms with Gasteiger partial charge in [-0.15, -0.1) is 11.8 Å². The predicted octanol–water partition coefficient (Wildman–Crippen LogP) is 5.86. The van der Waals surface area contributed by atoms with E-state index in [9.17, 15) is 9.59 Å². The number of hydrogen-bond donors (Lipinski definition) is 2. The average molecular weight is 533 g/mol. The van der Waals surface area contributed by atoms with Gasteiger partial charge in [0.15, 0.2) is 11.5 Å². The molecule has 0 aromatic heterocycles. The Morgan fingerprint density at radius 3 is 2.37 bits per heavy atom. The zero-order chi connectivity index (χ0) is 25.2. The summed E-state index contributed by atoms with van der Waals surface area (Å²) in [4.78, 5) is 25.3. The molecule has 0 saturated carbocycles. The summed E-state index contributed by atoms with van der Waals surface area (Å²) in [5.41, 5.74) is 2.86. The van der Waals surface area contributed by atoms with Gasteiger partial charge in [-0.2, -0.15) is 0 Å². The second kappa shape index (κ2) is 13.3. The summed E-state index contributed by atoms with van der Waals surface area (Å²) < 4.78 is 10.6. The lowest BCUT2D eigenvalue weighted by atomic mass is 10.1. The summed E-state index contributed by atoms with van der Waals surface area (Å²) >= 11 is 13.4. The van der Waals surface area contributed by atoms with Crippen molar-refractivity contribution in [2.75, 3.05) is 31.8 Å². The monoisotopic (exact) mass is 532 g/mol. The number of halogens is 2. The van der Waals surface area contributed by atoms with Crippen LogP contribution < -0.4 is 20.1 Å². The molecule has 9 heteroatoms. The molecule has 3 aromatic rings. The SMILES string of the molecule is COc1ccc(CCNC(=O)c2ccccc2NC(=O)CSCc2ccc(Cl)c(Cl)c2)cc1OC. The minimum absolute atomic E-state index is 0.194. The Hall–Kier alpha value is -2.87. The number of carbonyl (C=O) groups excluding carboxylic acids is 2. The number of anilines is 1. The Balaban J connectivity index is 1.51. The van der Waals surface area contributed by atoms with Crippen LogP contribution in [0.4, 0.5) is 5.69 Å². The minimum Gasteiger partial charge on any atom is -0.493 e. The molecular weight excluding hydrogens is 507 g/mol. The summed E-state index contributed by atoms with van der Waals surface area (Å²) in [6.07, 6.45) is 0.617. The highest BCUT2D eigenvalue weighted by atomic mass is 35.5. The van der Waals surface area contributed by atoms with Crippen LogP contribution in [0.5, 0.6) is 11.5 Å². The highest BCUT2D eigenvalue weighted by molar-refractivity contribution is 7.99. The molecule has 0 aliphatic rings. The number of rotatable bonds is 11. The van der Waals surface area contributed by atoms with Crippen molar-refractivity contribution in [3.05, 3.63) is 87.4 Å². The molecule has 35 heavy (non-hydrogen) atoms. The number of carbonyl (C=O) groups is 2. The van der Waals surface area contributed by atoms with Crippen LogP contribution in [0.1, 0.15) is 21.5 Å². The fourth-order valence-electron chi connectivity index (χ4n) is 3.32. The zero-order valence-corrected chi connectivity index (χ0v) is 21.7. The Labute approximate surface area is 219 Å². The second-order valence-corrected chi connectivity index (χ2v) is 9.33. The van der Waals surface area contributed by atoms with Gasteiger partial charge < -0.3 is 20.1 Å². The van der Waals surface area contributed by atoms with E-state index in [1.807, 2.05) is 24.3 Å². The van der Waals surface area contributed by atoms with Crippen LogP contribution in [0.3, 0.4) is 0 Å². The highest BCUT2D eigenvalue weighted by Gasteiger charge is 2.13. The van der Waals surface area contributed by atoms with Gasteiger partial charge in [0.05, 0.1) is 41.3 Å². The van der Waals surface area contributed by atoms with Crippen molar-refractivity contribution in [3.8, 4) is 11.5 Å². The minimum atomic E-state index is -0.259. The van der Waals surface area contributed by atoms with Crippen molar-refractivity contribution in [2.24, 2.45) is 0 Å². The third-order valence-electron chi connectivity index (χ3n) is 5.08. The Morgan fingerprint density at radius 1 is 0.886 bits per heavy atom. The molecule has 0 fully saturated rings. The molecule has 0 aliphatic carbocycles. The normalized spacial score (nSPS) is 10.5. The maximum Gasteiger partial charge on any atom is 0.253 e. The number of nitrogens with one attached hydrogen (secondary N) is 2. The molecule has 3 aromatic carbocycles. The standard InChI is InChI=1S/C26H26Cl2N2O4S/c1-33-23-10-8-17(14-24(23)34-2)11-12-29-26(32)19-5-3-4-6-22(19)30-25(31)16-35-15-18-7-9-20(27)21(28)13-18/h3-10,13-14H,11-12,15-16H2,1-2H3,(H,29,32)(H,30,31). The van der Waals surface area contributed by atoms with E-state index >= 15 is 0 Å². The maximum atomic E-state index is 12.8. The number of para-hydroxylation sites is 1. The van der Waals surface area contributed by atoms with Crippen molar-refractivity contribution >= 4 is 52.5 Å². The molecule has 0 atom stereocenters. The van der Waals surface area contributed by atoms with E-state index in [1.54, 1.807) is 50.6 Å². The van der Waals surface area contributed by atoms with Crippen molar-refractivity contribution in [3.63, 3.8) is 0 Å². The molecule has 0 unspecified atom stereocenters. The van der Waals surface area contributed by atoms with Crippen molar-refractivity contribution < 1.29 is 19.1 Å². The fourth-order valence-corrected chi connectivity index (χ4v) is 4.41. The van der Waals surface area contributed by atoms with Gasteiger partial charge in [-0.25, -0.2) is 0 Å². The first-order chi connectivity index (χ1) is 16.9. The third kappa shape index (κ3) is 7.82. The third-order valence-corrected chi connectivity index (χ3v) is 6.82. The van der Waals surface area contributed by atoms with Crippen molar-refractivity contribution in [1.29, 1.82) is 0 Å². The van der Waals surface area contributed by atoms with Crippen LogP contribution in [-0.4, -0.2) is 38.3 Å². The lowest BCUT2D eigenvalue weighted by molar-refractivity contribution is -0.113. The molecule has 0 bridgehead atoms. The van der Waals surface area contributed by atoms with E-state index in [0.29, 0.717) is 51.5 Å². The van der Waals surface area contributed by atoms with Gasteiger partial charge in [0.2, 0.25) is 5.91 Å². The summed E-state index contributed by atoms with van der Waals surface area (Å²) in [6.45, 7) is 0.427. The van der Waals surface area contributed by atoms with Crippen LogP contribution in [0.2, 0.25) is 10.0 Å². The van der Waals surface area contributed by atoms with E-state index in [-0.39, 0.29) is 17.6 Å². The molecule has 6 nitrogen and oxygen atoms in total. The van der Waals surface area contributed by atoms with Crippen LogP contribution in [0.15, 0.2) is 60.7 Å². The lowest BCUT2D eigenvalue weighted by Crippen LogP contribution is -2.27. The van der Waals surface area contributed by atoms with E-state index in [4.69, 9.17) is 32.7 Å². The van der Waals surface area contributed by atoms with Crippen molar-refractivity contribution in [2.45, 2.75) is 12.2 Å². The first kappa shape index (κ1) is 26.7. The number of ether oxygens (including phenoxy) is 2. The molecule has 2 N–H and O–H groups in total. The van der Waals surface area contributed by atoms with Crippen LogP contribution in [0.25, 0.3) is 0 Å². The summed E-state index contributed by atoms with van der Waals surface area (Å²) in [7, 11) is 3.17. The fraction of sp³-hybridized carbons (Fsp3) is 0.231. The number of hydrogen-bond acceptors (Lipinski definition) is 5. The first-order valence-corrected chi connectivity index (χ1v) is 12.7. The molecule has 0 saturated heterocycles. The number of methoxy groups -OCH3 is 2. The molecule has 0 spiro atoms. The van der Waals surface area contributed by atoms with Crippen LogP contribution >= 0.6 is 35.0 Å². The summed E-state index contributed by atoms with van der Waals surface area (Å²) in [5, 5.41) is 6.73. The second-order valence-electron chi connectivity index (χ2n) is 7.53. The first-order valence-electron chi connectivity index (χ1n) is 10.8. The Kier molecular flexibility index (Phi) is 10.1. The topological polar surface area (TPSA) is 76.7 Å². The maximum absolute atomic E-state index is 12.8. The molecule has 184 valence electrons. The molecule has 3 rings (SSSR count). The van der Waals surface area contributed by atoms with Crippen LogP contribution in [0, 0.1) is 0 Å². The smallest absolute Gasteiger partial charge is 0.253 e. The Bertz CT molecular complexity index is 1190. The van der Waals surface area contributed by atoms with E-state index in [2.05, 4.69) is 10.6 Å². The predicted molar refractivity (Wildman–Crippen MR) is 143 cm³/mol. The van der Waals surface area contributed by atoms with Gasteiger partial charge in [-0.3, -0.25) is 9.59 Å². The van der Waals surface area contributed by atoms with Gasteiger partial charge in [0.25, 0.3) is 5.91 Å². The number of thioether (sulfide) groups is 1. The Morgan fingerprint density at radius 2 is 1.63 bits per heavy atom. The molecule has 0 radical (unpaired) electrons. The van der Waals surface area contributed by atoms with Gasteiger partial charge in [0, 0.05) is 12.3 Å². The highest BCUT2D eigenvalue weighted by Crippen LogP contribution is 2.28. The number of amides is 2. The average Bonchev–Trinajstić information content (AvgIpc) is 2.86. The van der Waals surface area contributed by atoms with Gasteiger partial charge in [0.1, 0.15) is 0 Å². The van der Waals surface area contributed by atoms with Crippen LogP contribution in [-0.2, 0) is 17.0 Å². The van der Waals surface area contributed by atoms with E-state index in [1.165, 1.54) is 11.8 Å². The van der Waals surface area contributed by atoms with Crippen molar-refractivity contribution in [1.82, 2.24) is 5.32 Å². The largest absolute Gasteiger partial charge is 0.493 e. The quantitative estimate of drug-likeness (QED) is 0.323. The zero-order valence-electron chi connectivity index (χ0n) is 19.4. The van der Waals surface area contributed by atoms with E-state index in [0.717, 1.165) is 11.1 Å². The molecule has 0 heterocycles. The number of benzene rings is 3. The molecule has 2 amide bonds. The van der Waals surface area contributed by atoms with Gasteiger partial charge >= 0.3 is 0 Å². The molecular formula is C26H26Cl2N2O4S. The summed E-state index contributed by atoms with van der Waals surface area (Å²) in [5.74, 6) is 1.69.